The number of imidazole rings is 1. The quantitative estimate of drug-likeness (QED) is 0.611. The Kier molecular flexibility index (Phi) is 2.73. The lowest BCUT2D eigenvalue weighted by atomic mass is 10.4. The number of rotatable bonds is 2. The number of aromatic nitrogens is 3. The second kappa shape index (κ2) is 4.20. The van der Waals surface area contributed by atoms with Gasteiger partial charge < -0.3 is 9.72 Å². The summed E-state index contributed by atoms with van der Waals surface area (Å²) in [5.41, 5.74) is 0.229. The number of methoxy groups -OCH3 is 1. The molecule has 7 heteroatoms. The fourth-order valence-corrected chi connectivity index (χ4v) is 1.44. The highest BCUT2D eigenvalue weighted by Crippen LogP contribution is 2.14. The molecule has 7 nitrogen and oxygen atoms in total. The van der Waals surface area contributed by atoms with Gasteiger partial charge in [-0.15, -0.1) is 0 Å². The first-order valence-corrected chi connectivity index (χ1v) is 4.80. The van der Waals surface area contributed by atoms with Gasteiger partial charge in [0.25, 0.3) is 5.56 Å². The third-order valence-electron chi connectivity index (χ3n) is 2.17. The van der Waals surface area contributed by atoms with Gasteiger partial charge in [-0.2, -0.15) is 0 Å². The van der Waals surface area contributed by atoms with Crippen molar-refractivity contribution in [2.24, 2.45) is 4.99 Å². The predicted octanol–water partition coefficient (Wildman–Crippen LogP) is 0.691. The van der Waals surface area contributed by atoms with Crippen molar-refractivity contribution >= 4 is 29.2 Å². The second-order valence-electron chi connectivity index (χ2n) is 3.32. The Morgan fingerprint density at radius 2 is 2.41 bits per heavy atom. The summed E-state index contributed by atoms with van der Waals surface area (Å²) in [6.45, 7) is 1.39. The van der Waals surface area contributed by atoms with Crippen LogP contribution in [0.2, 0.25) is 0 Å². The van der Waals surface area contributed by atoms with Crippen molar-refractivity contribution in [3.05, 3.63) is 22.7 Å². The molecule has 0 unspecified atom stereocenters. The molecule has 0 radical (unpaired) electrons. The van der Waals surface area contributed by atoms with Crippen LogP contribution in [0.25, 0.3) is 11.0 Å². The van der Waals surface area contributed by atoms with Gasteiger partial charge in [0, 0.05) is 13.0 Å². The highest BCUT2D eigenvalue weighted by atomic mass is 16.5. The highest BCUT2D eigenvalue weighted by Gasteiger charge is 2.10. The van der Waals surface area contributed by atoms with Gasteiger partial charge in [0.05, 0.1) is 12.6 Å². The van der Waals surface area contributed by atoms with Crippen LogP contribution in [0.4, 0.5) is 5.82 Å². The van der Waals surface area contributed by atoms with Gasteiger partial charge in [-0.1, -0.05) is 0 Å². The number of aliphatic imine (C=N–C) groups is 1. The molecule has 0 saturated heterocycles. The molecule has 0 amide bonds. The maximum absolute atomic E-state index is 11.6. The number of fused-ring (bicyclic) bond motifs is 1. The standard InChI is InChI=1S/C10H10N4O3/c1-6(15)14-4-11-9-7(14)3-8(12-5-17-2)13-10(9)16/h3-5H,1-2H3,(H,13,16). The first kappa shape index (κ1) is 11.1. The fraction of sp³-hybridized carbons (Fsp3) is 0.200. The van der Waals surface area contributed by atoms with E-state index in [0.29, 0.717) is 11.3 Å². The van der Waals surface area contributed by atoms with Crippen molar-refractivity contribution in [2.45, 2.75) is 6.92 Å². The Balaban J connectivity index is 2.69. The lowest BCUT2D eigenvalue weighted by molar-refractivity contribution is 0.0941. The molecule has 0 fully saturated rings. The molecular weight excluding hydrogens is 224 g/mol. The van der Waals surface area contributed by atoms with E-state index in [2.05, 4.69) is 19.7 Å². The molecule has 0 saturated carbocycles. The van der Waals surface area contributed by atoms with Gasteiger partial charge in [-0.25, -0.2) is 9.98 Å². The maximum Gasteiger partial charge on any atom is 0.277 e. The lowest BCUT2D eigenvalue weighted by Crippen LogP contribution is -2.08. The topological polar surface area (TPSA) is 89.3 Å². The zero-order valence-corrected chi connectivity index (χ0v) is 9.30. The maximum atomic E-state index is 11.6. The molecule has 0 atom stereocenters. The van der Waals surface area contributed by atoms with E-state index in [-0.39, 0.29) is 11.4 Å². The van der Waals surface area contributed by atoms with Crippen LogP contribution >= 0.6 is 0 Å². The first-order valence-electron chi connectivity index (χ1n) is 4.80. The van der Waals surface area contributed by atoms with E-state index in [1.807, 2.05) is 0 Å². The van der Waals surface area contributed by atoms with E-state index in [1.54, 1.807) is 6.07 Å². The van der Waals surface area contributed by atoms with E-state index < -0.39 is 5.56 Å². The minimum absolute atomic E-state index is 0.205. The summed E-state index contributed by atoms with van der Waals surface area (Å²) in [4.78, 5) is 33.2. The molecule has 0 aromatic carbocycles. The van der Waals surface area contributed by atoms with Crippen LogP contribution in [0.5, 0.6) is 0 Å². The number of carbonyl (C=O) groups is 1. The number of pyridine rings is 1. The molecule has 2 heterocycles. The van der Waals surface area contributed by atoms with Gasteiger partial charge >= 0.3 is 0 Å². The normalized spacial score (nSPS) is 11.2. The summed E-state index contributed by atoms with van der Waals surface area (Å²) in [6.07, 6.45) is 2.50. The number of aromatic amines is 1. The molecule has 2 aromatic rings. The Labute approximate surface area is 95.8 Å². The third-order valence-corrected chi connectivity index (χ3v) is 2.17. The van der Waals surface area contributed by atoms with E-state index >= 15 is 0 Å². The monoisotopic (exact) mass is 234 g/mol. The number of nitrogens with one attached hydrogen (secondary N) is 1. The molecule has 0 spiro atoms. The Morgan fingerprint density at radius 1 is 1.65 bits per heavy atom. The summed E-state index contributed by atoms with van der Waals surface area (Å²) in [7, 11) is 1.44. The number of ether oxygens (including phenoxy) is 1. The minimum Gasteiger partial charge on any atom is -0.486 e. The summed E-state index contributed by atoms with van der Waals surface area (Å²) >= 11 is 0. The largest absolute Gasteiger partial charge is 0.486 e. The van der Waals surface area contributed by atoms with Crippen molar-refractivity contribution in [2.75, 3.05) is 7.11 Å². The zero-order valence-electron chi connectivity index (χ0n) is 9.30. The molecule has 1 N–H and O–H groups in total. The Bertz CT molecular complexity index is 653. The molecular formula is C10H10N4O3. The van der Waals surface area contributed by atoms with Crippen molar-refractivity contribution in [1.82, 2.24) is 14.5 Å². The van der Waals surface area contributed by atoms with Crippen LogP contribution in [-0.4, -0.2) is 34.0 Å². The predicted molar refractivity (Wildman–Crippen MR) is 61.8 cm³/mol. The second-order valence-corrected chi connectivity index (χ2v) is 3.32. The Hall–Kier alpha value is -2.44. The molecule has 88 valence electrons. The van der Waals surface area contributed by atoms with Crippen molar-refractivity contribution in [3.63, 3.8) is 0 Å². The summed E-state index contributed by atoms with van der Waals surface area (Å²) in [5.74, 6) is 0.0760. The summed E-state index contributed by atoms with van der Waals surface area (Å²) in [5, 5.41) is 0. The van der Waals surface area contributed by atoms with Gasteiger partial charge in [0.2, 0.25) is 5.91 Å². The van der Waals surface area contributed by atoms with Crippen LogP contribution in [-0.2, 0) is 4.74 Å². The van der Waals surface area contributed by atoms with Crippen molar-refractivity contribution in [1.29, 1.82) is 0 Å². The number of carbonyl (C=O) groups excluding carboxylic acids is 1. The molecule has 0 aliphatic carbocycles. The summed E-state index contributed by atoms with van der Waals surface area (Å²) < 4.78 is 5.94. The van der Waals surface area contributed by atoms with Crippen LogP contribution in [0.3, 0.4) is 0 Å². The average molecular weight is 234 g/mol. The summed E-state index contributed by atoms with van der Waals surface area (Å²) in [6, 6.07) is 1.56. The van der Waals surface area contributed by atoms with Crippen molar-refractivity contribution in [3.8, 4) is 0 Å². The van der Waals surface area contributed by atoms with Crippen LogP contribution in [0, 0.1) is 0 Å². The van der Waals surface area contributed by atoms with Crippen LogP contribution in [0.15, 0.2) is 22.2 Å². The molecule has 0 aliphatic heterocycles. The van der Waals surface area contributed by atoms with E-state index in [1.165, 1.54) is 31.3 Å². The average Bonchev–Trinajstić information content (AvgIpc) is 2.70. The molecule has 2 aromatic heterocycles. The Morgan fingerprint density at radius 3 is 3.06 bits per heavy atom. The van der Waals surface area contributed by atoms with Gasteiger partial charge in [-0.05, 0) is 0 Å². The van der Waals surface area contributed by atoms with Crippen molar-refractivity contribution < 1.29 is 9.53 Å². The molecule has 2 rings (SSSR count). The SMILES string of the molecule is COC=Nc1cc2c(ncn2C(C)=O)c(=O)[nH]1. The minimum atomic E-state index is -0.397. The van der Waals surface area contributed by atoms with Gasteiger partial charge in [0.15, 0.2) is 11.9 Å². The van der Waals surface area contributed by atoms with E-state index in [0.717, 1.165) is 0 Å². The zero-order chi connectivity index (χ0) is 12.4. The molecule has 17 heavy (non-hydrogen) atoms. The highest BCUT2D eigenvalue weighted by molar-refractivity contribution is 5.89. The molecule has 0 aliphatic rings. The number of nitrogens with zero attached hydrogens (tertiary/aromatic N) is 3. The fourth-order valence-electron chi connectivity index (χ4n) is 1.44. The van der Waals surface area contributed by atoms with Crippen LogP contribution in [0.1, 0.15) is 11.7 Å². The number of hydrogen-bond donors (Lipinski definition) is 1. The van der Waals surface area contributed by atoms with E-state index in [9.17, 15) is 9.59 Å². The van der Waals surface area contributed by atoms with Crippen LogP contribution < -0.4 is 5.56 Å². The van der Waals surface area contributed by atoms with E-state index in [4.69, 9.17) is 0 Å². The first-order chi connectivity index (χ1) is 8.13. The number of H-pyrrole nitrogens is 1. The smallest absolute Gasteiger partial charge is 0.277 e. The number of hydrogen-bond acceptors (Lipinski definition) is 5. The third kappa shape index (κ3) is 1.94. The van der Waals surface area contributed by atoms with Gasteiger partial charge in [0.1, 0.15) is 12.1 Å². The molecule has 0 bridgehead atoms. The lowest BCUT2D eigenvalue weighted by Gasteiger charge is -1.98. The van der Waals surface area contributed by atoms with Gasteiger partial charge in [-0.3, -0.25) is 14.2 Å².